The predicted molar refractivity (Wildman–Crippen MR) is 58.1 cm³/mol. The molecule has 6 heteroatoms. The van der Waals surface area contributed by atoms with Crippen molar-refractivity contribution in [3.8, 4) is 0 Å². The van der Waals surface area contributed by atoms with Crippen LogP contribution in [0, 0.1) is 0 Å². The highest BCUT2D eigenvalue weighted by Gasteiger charge is 2.13. The van der Waals surface area contributed by atoms with Crippen molar-refractivity contribution in [2.75, 3.05) is 14.2 Å². The van der Waals surface area contributed by atoms with Gasteiger partial charge in [0, 0.05) is 7.05 Å². The Morgan fingerprint density at radius 1 is 1.50 bits per heavy atom. The molecule has 0 radical (unpaired) electrons. The molecule has 14 heavy (non-hydrogen) atoms. The Kier molecular flexibility index (Phi) is 5.11. The van der Waals surface area contributed by atoms with Crippen molar-refractivity contribution in [1.82, 2.24) is 10.3 Å². The van der Waals surface area contributed by atoms with Crippen molar-refractivity contribution in [1.29, 1.82) is 0 Å². The van der Waals surface area contributed by atoms with Crippen molar-refractivity contribution in [2.45, 2.75) is 13.8 Å². The normalized spacial score (nSPS) is 8.93. The number of methoxy groups -OCH3 is 1. The van der Waals surface area contributed by atoms with E-state index in [1.54, 1.807) is 20.9 Å². The molecular formula is C8H15N3O2S. The number of esters is 1. The van der Waals surface area contributed by atoms with Crippen LogP contribution in [0.1, 0.15) is 13.8 Å². The lowest BCUT2D eigenvalue weighted by Gasteiger charge is -2.16. The number of ether oxygens (including phenoxy) is 1. The zero-order valence-electron chi connectivity index (χ0n) is 8.75. The van der Waals surface area contributed by atoms with Crippen LogP contribution >= 0.6 is 12.2 Å². The maximum atomic E-state index is 11.2. The molecule has 0 saturated carbocycles. The predicted octanol–water partition coefficient (Wildman–Crippen LogP) is 0.133. The lowest BCUT2D eigenvalue weighted by atomic mass is 10.2. The van der Waals surface area contributed by atoms with Gasteiger partial charge in [0.15, 0.2) is 5.11 Å². The van der Waals surface area contributed by atoms with Crippen LogP contribution in [0.4, 0.5) is 0 Å². The zero-order chi connectivity index (χ0) is 11.3. The van der Waals surface area contributed by atoms with E-state index in [-0.39, 0.29) is 5.11 Å². The van der Waals surface area contributed by atoms with Crippen molar-refractivity contribution in [2.24, 2.45) is 5.84 Å². The van der Waals surface area contributed by atoms with Crippen molar-refractivity contribution in [3.63, 3.8) is 0 Å². The van der Waals surface area contributed by atoms with E-state index in [9.17, 15) is 4.79 Å². The molecule has 0 spiro atoms. The third kappa shape index (κ3) is 3.71. The minimum Gasteiger partial charge on any atom is -0.464 e. The minimum atomic E-state index is -0.464. The van der Waals surface area contributed by atoms with Gasteiger partial charge in [0.1, 0.15) is 5.70 Å². The largest absolute Gasteiger partial charge is 0.464 e. The van der Waals surface area contributed by atoms with Crippen molar-refractivity contribution < 1.29 is 9.53 Å². The molecule has 0 unspecified atom stereocenters. The molecule has 0 aromatic heterocycles. The van der Waals surface area contributed by atoms with Gasteiger partial charge in [0.2, 0.25) is 0 Å². The summed E-state index contributed by atoms with van der Waals surface area (Å²) in [7, 11) is 2.89. The van der Waals surface area contributed by atoms with Gasteiger partial charge in [0.05, 0.1) is 7.11 Å². The van der Waals surface area contributed by atoms with Gasteiger partial charge in [-0.2, -0.15) is 0 Å². The molecule has 0 aliphatic heterocycles. The minimum absolute atomic E-state index is 0.256. The van der Waals surface area contributed by atoms with E-state index in [4.69, 9.17) is 18.1 Å². The van der Waals surface area contributed by atoms with Gasteiger partial charge in [-0.25, -0.2) is 10.6 Å². The molecule has 0 heterocycles. The third-order valence-electron chi connectivity index (χ3n) is 1.44. The number of nitrogens with zero attached hydrogens (tertiary/aromatic N) is 1. The van der Waals surface area contributed by atoms with Gasteiger partial charge in [-0.3, -0.25) is 5.01 Å². The summed E-state index contributed by atoms with van der Waals surface area (Å²) < 4.78 is 4.58. The smallest absolute Gasteiger partial charge is 0.354 e. The number of carbonyl (C=O) groups excluding carboxylic acids is 1. The van der Waals surface area contributed by atoms with Gasteiger partial charge < -0.3 is 10.1 Å². The van der Waals surface area contributed by atoms with E-state index in [0.717, 1.165) is 5.57 Å². The first-order valence-corrected chi connectivity index (χ1v) is 4.36. The molecule has 0 rings (SSSR count). The number of rotatable bonds is 2. The van der Waals surface area contributed by atoms with Crippen LogP contribution in [0.25, 0.3) is 0 Å². The Morgan fingerprint density at radius 3 is 2.29 bits per heavy atom. The summed E-state index contributed by atoms with van der Waals surface area (Å²) in [6, 6.07) is 0. The molecule has 0 saturated heterocycles. The number of thiocarbonyl (C=S) groups is 1. The topological polar surface area (TPSA) is 67.6 Å². The van der Waals surface area contributed by atoms with E-state index in [0.29, 0.717) is 5.70 Å². The van der Waals surface area contributed by atoms with Gasteiger partial charge in [-0.15, -0.1) is 0 Å². The first-order chi connectivity index (χ1) is 6.40. The number of allylic oxidation sites excluding steroid dienone is 1. The third-order valence-corrected chi connectivity index (χ3v) is 1.83. The Balaban J connectivity index is 4.66. The first-order valence-electron chi connectivity index (χ1n) is 3.95. The molecule has 0 aromatic rings. The quantitative estimate of drug-likeness (QED) is 0.225. The molecule has 3 N–H and O–H groups in total. The SMILES string of the molecule is COC(=O)C(NC(=S)N(C)N)=C(C)C. The molecule has 0 fully saturated rings. The second kappa shape index (κ2) is 5.56. The average molecular weight is 217 g/mol. The summed E-state index contributed by atoms with van der Waals surface area (Å²) in [6.45, 7) is 3.55. The second-order valence-corrected chi connectivity index (χ2v) is 3.29. The lowest BCUT2D eigenvalue weighted by Crippen LogP contribution is -2.42. The number of hydrogen-bond donors (Lipinski definition) is 2. The summed E-state index contributed by atoms with van der Waals surface area (Å²) in [5.41, 5.74) is 1.09. The Labute approximate surface area is 88.9 Å². The fourth-order valence-electron chi connectivity index (χ4n) is 0.677. The number of nitrogens with one attached hydrogen (secondary N) is 1. The molecule has 0 amide bonds. The molecule has 0 atom stereocenters. The maximum absolute atomic E-state index is 11.2. The number of hydrazine groups is 1. The van der Waals surface area contributed by atoms with E-state index >= 15 is 0 Å². The molecular weight excluding hydrogens is 202 g/mol. The van der Waals surface area contributed by atoms with Crippen LogP contribution < -0.4 is 11.2 Å². The zero-order valence-corrected chi connectivity index (χ0v) is 9.57. The highest BCUT2D eigenvalue weighted by atomic mass is 32.1. The summed E-state index contributed by atoms with van der Waals surface area (Å²) in [5.74, 6) is 4.92. The standard InChI is InChI=1S/C8H15N3O2S/c1-5(2)6(7(12)13-4)10-8(14)11(3)9/h9H2,1-4H3,(H,10,14). The van der Waals surface area contributed by atoms with E-state index in [1.807, 2.05) is 0 Å². The number of carbonyl (C=O) groups is 1. The Hall–Kier alpha value is -1.14. The highest BCUT2D eigenvalue weighted by molar-refractivity contribution is 7.80. The summed E-state index contributed by atoms with van der Waals surface area (Å²) >= 11 is 4.89. The average Bonchev–Trinajstić information content (AvgIpc) is 2.11. The van der Waals surface area contributed by atoms with Crippen LogP contribution in [0.5, 0.6) is 0 Å². The van der Waals surface area contributed by atoms with Crippen LogP contribution in [0.3, 0.4) is 0 Å². The van der Waals surface area contributed by atoms with Gasteiger partial charge in [-0.1, -0.05) is 0 Å². The number of nitrogens with two attached hydrogens (primary N) is 1. The molecule has 5 nitrogen and oxygen atoms in total. The monoisotopic (exact) mass is 217 g/mol. The van der Waals surface area contributed by atoms with E-state index in [1.165, 1.54) is 12.1 Å². The molecule has 0 aliphatic rings. The summed E-state index contributed by atoms with van der Waals surface area (Å²) in [5, 5.41) is 4.17. The number of hydrogen-bond acceptors (Lipinski definition) is 4. The van der Waals surface area contributed by atoms with Crippen LogP contribution in [0.15, 0.2) is 11.3 Å². The molecule has 0 aliphatic carbocycles. The highest BCUT2D eigenvalue weighted by Crippen LogP contribution is 2.02. The lowest BCUT2D eigenvalue weighted by molar-refractivity contribution is -0.136. The second-order valence-electron chi connectivity index (χ2n) is 2.91. The van der Waals surface area contributed by atoms with E-state index in [2.05, 4.69) is 10.1 Å². The Morgan fingerprint density at radius 2 is 2.00 bits per heavy atom. The summed E-state index contributed by atoms with van der Waals surface area (Å²) in [6.07, 6.45) is 0. The Bertz CT molecular complexity index is 270. The molecule has 0 bridgehead atoms. The van der Waals surface area contributed by atoms with Crippen molar-refractivity contribution >= 4 is 23.3 Å². The van der Waals surface area contributed by atoms with Crippen LogP contribution in [-0.4, -0.2) is 30.2 Å². The van der Waals surface area contributed by atoms with Crippen LogP contribution in [-0.2, 0) is 9.53 Å². The first kappa shape index (κ1) is 12.9. The molecule has 80 valence electrons. The fraction of sp³-hybridized carbons (Fsp3) is 0.500. The maximum Gasteiger partial charge on any atom is 0.354 e. The summed E-state index contributed by atoms with van der Waals surface area (Å²) in [4.78, 5) is 11.2. The van der Waals surface area contributed by atoms with Crippen molar-refractivity contribution in [3.05, 3.63) is 11.3 Å². The van der Waals surface area contributed by atoms with Gasteiger partial charge in [0.25, 0.3) is 0 Å². The van der Waals surface area contributed by atoms with Crippen LogP contribution in [0.2, 0.25) is 0 Å². The van der Waals surface area contributed by atoms with E-state index < -0.39 is 5.97 Å². The van der Waals surface area contributed by atoms with Gasteiger partial charge in [-0.05, 0) is 31.6 Å². The fourth-order valence-corrected chi connectivity index (χ4v) is 0.779. The van der Waals surface area contributed by atoms with Gasteiger partial charge >= 0.3 is 5.97 Å². The molecule has 0 aromatic carbocycles.